The summed E-state index contributed by atoms with van der Waals surface area (Å²) in [6.45, 7) is 7.74. The van der Waals surface area contributed by atoms with Crippen molar-refractivity contribution in [1.29, 1.82) is 0 Å². The van der Waals surface area contributed by atoms with E-state index in [1.807, 2.05) is 31.2 Å². The van der Waals surface area contributed by atoms with Crippen LogP contribution in [0, 0.1) is 6.92 Å². The molecule has 0 aliphatic carbocycles. The van der Waals surface area contributed by atoms with Gasteiger partial charge in [0.25, 0.3) is 5.91 Å². The lowest BCUT2D eigenvalue weighted by molar-refractivity contribution is -0.136. The van der Waals surface area contributed by atoms with Gasteiger partial charge < -0.3 is 9.64 Å². The summed E-state index contributed by atoms with van der Waals surface area (Å²) in [5, 5.41) is 0. The molecule has 4 heteroatoms. The number of hydrogen-bond acceptors (Lipinski definition) is 3. The number of hydrogen-bond donors (Lipinski definition) is 0. The summed E-state index contributed by atoms with van der Waals surface area (Å²) >= 11 is 0. The van der Waals surface area contributed by atoms with E-state index in [-0.39, 0.29) is 5.91 Å². The fourth-order valence-electron chi connectivity index (χ4n) is 2.41. The van der Waals surface area contributed by atoms with E-state index in [0.29, 0.717) is 23.4 Å². The first kappa shape index (κ1) is 15.8. The Balaban J connectivity index is 2.52. The van der Waals surface area contributed by atoms with Crippen LogP contribution in [0.15, 0.2) is 53.8 Å². The van der Waals surface area contributed by atoms with E-state index in [0.717, 1.165) is 11.1 Å². The Bertz CT molecular complexity index is 681. The van der Waals surface area contributed by atoms with Crippen LogP contribution >= 0.6 is 0 Å². The highest BCUT2D eigenvalue weighted by Crippen LogP contribution is 2.31. The fraction of sp³-hybridized carbons (Fsp3) is 0.222. The SMILES string of the molecule is C=CCN1C(=O)/C(=C/c2ccc(C)cc2)C(C(=O)OC)=C1C. The molecule has 1 aliphatic rings. The van der Waals surface area contributed by atoms with E-state index in [1.54, 1.807) is 19.1 Å². The number of benzene rings is 1. The third-order valence-electron chi connectivity index (χ3n) is 3.60. The smallest absolute Gasteiger partial charge is 0.340 e. The number of carbonyl (C=O) groups excluding carboxylic acids is 2. The number of ether oxygens (including phenoxy) is 1. The number of aryl methyl sites for hydroxylation is 1. The van der Waals surface area contributed by atoms with Gasteiger partial charge in [0, 0.05) is 12.2 Å². The highest BCUT2D eigenvalue weighted by atomic mass is 16.5. The summed E-state index contributed by atoms with van der Waals surface area (Å²) in [5.41, 5.74) is 3.26. The van der Waals surface area contributed by atoms with Crippen molar-refractivity contribution in [2.24, 2.45) is 0 Å². The van der Waals surface area contributed by atoms with Gasteiger partial charge in [0.2, 0.25) is 0 Å². The van der Waals surface area contributed by atoms with Gasteiger partial charge in [-0.15, -0.1) is 6.58 Å². The normalized spacial score (nSPS) is 16.4. The average Bonchev–Trinajstić information content (AvgIpc) is 2.74. The molecule has 1 amide bonds. The van der Waals surface area contributed by atoms with Gasteiger partial charge in [-0.1, -0.05) is 35.9 Å². The summed E-state index contributed by atoms with van der Waals surface area (Å²) in [4.78, 5) is 26.1. The van der Waals surface area contributed by atoms with E-state index < -0.39 is 5.97 Å². The third-order valence-corrected chi connectivity index (χ3v) is 3.60. The Kier molecular flexibility index (Phi) is 4.61. The Morgan fingerprint density at radius 2 is 1.91 bits per heavy atom. The fourth-order valence-corrected chi connectivity index (χ4v) is 2.41. The van der Waals surface area contributed by atoms with E-state index >= 15 is 0 Å². The van der Waals surface area contributed by atoms with Crippen molar-refractivity contribution in [3.05, 3.63) is 64.9 Å². The van der Waals surface area contributed by atoms with Gasteiger partial charge in [-0.3, -0.25) is 4.79 Å². The van der Waals surface area contributed by atoms with Crippen LogP contribution < -0.4 is 0 Å². The molecule has 1 heterocycles. The van der Waals surface area contributed by atoms with Crippen molar-refractivity contribution >= 4 is 18.0 Å². The summed E-state index contributed by atoms with van der Waals surface area (Å²) in [7, 11) is 1.31. The third kappa shape index (κ3) is 2.86. The molecule has 0 spiro atoms. The maximum atomic E-state index is 12.6. The number of rotatable bonds is 4. The Labute approximate surface area is 130 Å². The predicted octanol–water partition coefficient (Wildman–Crippen LogP) is 2.85. The van der Waals surface area contributed by atoms with Crippen molar-refractivity contribution in [2.75, 3.05) is 13.7 Å². The molecule has 0 saturated carbocycles. The van der Waals surface area contributed by atoms with Gasteiger partial charge in [-0.25, -0.2) is 4.79 Å². The zero-order chi connectivity index (χ0) is 16.3. The van der Waals surface area contributed by atoms with E-state index in [1.165, 1.54) is 12.0 Å². The molecule has 22 heavy (non-hydrogen) atoms. The van der Waals surface area contributed by atoms with Crippen LogP contribution in [-0.2, 0) is 14.3 Å². The molecule has 0 N–H and O–H groups in total. The second-order valence-electron chi connectivity index (χ2n) is 5.13. The van der Waals surface area contributed by atoms with Crippen LogP contribution in [0.2, 0.25) is 0 Å². The maximum absolute atomic E-state index is 12.6. The molecule has 2 rings (SSSR count). The first-order valence-corrected chi connectivity index (χ1v) is 7.00. The molecule has 1 aromatic rings. The zero-order valence-corrected chi connectivity index (χ0v) is 13.1. The van der Waals surface area contributed by atoms with Crippen molar-refractivity contribution in [3.63, 3.8) is 0 Å². The number of methoxy groups -OCH3 is 1. The average molecular weight is 297 g/mol. The van der Waals surface area contributed by atoms with Crippen LogP contribution in [0.5, 0.6) is 0 Å². The minimum absolute atomic E-state index is 0.210. The Morgan fingerprint density at radius 3 is 2.45 bits per heavy atom. The highest BCUT2D eigenvalue weighted by molar-refractivity contribution is 6.16. The van der Waals surface area contributed by atoms with Crippen molar-refractivity contribution in [1.82, 2.24) is 4.90 Å². The maximum Gasteiger partial charge on any atom is 0.340 e. The van der Waals surface area contributed by atoms with Crippen LogP contribution in [0.1, 0.15) is 18.1 Å². The van der Waals surface area contributed by atoms with Crippen LogP contribution in [-0.4, -0.2) is 30.4 Å². The molecule has 0 radical (unpaired) electrons. The minimum Gasteiger partial charge on any atom is -0.465 e. The lowest BCUT2D eigenvalue weighted by Crippen LogP contribution is -2.24. The second-order valence-corrected chi connectivity index (χ2v) is 5.13. The van der Waals surface area contributed by atoms with E-state index in [2.05, 4.69) is 6.58 Å². The molecular formula is C18H19NO3. The van der Waals surface area contributed by atoms with Gasteiger partial charge in [0.15, 0.2) is 0 Å². The topological polar surface area (TPSA) is 46.6 Å². The quantitative estimate of drug-likeness (QED) is 0.488. The standard InChI is InChI=1S/C18H19NO3/c1-5-10-19-13(3)16(18(21)22-4)15(17(19)20)11-14-8-6-12(2)7-9-14/h5-9,11H,1,10H2,2-4H3/b15-11+. The van der Waals surface area contributed by atoms with Gasteiger partial charge in [0.1, 0.15) is 0 Å². The van der Waals surface area contributed by atoms with Crippen LogP contribution in [0.4, 0.5) is 0 Å². The molecule has 0 unspecified atom stereocenters. The molecular weight excluding hydrogens is 278 g/mol. The molecule has 4 nitrogen and oxygen atoms in total. The summed E-state index contributed by atoms with van der Waals surface area (Å²) in [6.07, 6.45) is 3.35. The van der Waals surface area contributed by atoms with E-state index in [4.69, 9.17) is 4.74 Å². The monoisotopic (exact) mass is 297 g/mol. The summed E-state index contributed by atoms with van der Waals surface area (Å²) < 4.78 is 4.82. The molecule has 0 fully saturated rings. The number of amides is 1. The highest BCUT2D eigenvalue weighted by Gasteiger charge is 2.36. The molecule has 0 saturated heterocycles. The lowest BCUT2D eigenvalue weighted by Gasteiger charge is -2.14. The predicted molar refractivity (Wildman–Crippen MR) is 85.8 cm³/mol. The zero-order valence-electron chi connectivity index (χ0n) is 13.1. The van der Waals surface area contributed by atoms with Gasteiger partial charge in [0.05, 0.1) is 18.3 Å². The second kappa shape index (κ2) is 6.43. The van der Waals surface area contributed by atoms with Crippen LogP contribution in [0.25, 0.3) is 6.08 Å². The number of carbonyl (C=O) groups is 2. The van der Waals surface area contributed by atoms with Crippen molar-refractivity contribution in [3.8, 4) is 0 Å². The molecule has 0 bridgehead atoms. The first-order valence-electron chi connectivity index (χ1n) is 7.00. The number of nitrogens with zero attached hydrogens (tertiary/aromatic N) is 1. The molecule has 114 valence electrons. The van der Waals surface area contributed by atoms with Crippen LogP contribution in [0.3, 0.4) is 0 Å². The molecule has 0 aromatic heterocycles. The molecule has 1 aliphatic heterocycles. The lowest BCUT2D eigenvalue weighted by atomic mass is 10.0. The van der Waals surface area contributed by atoms with Gasteiger partial charge >= 0.3 is 5.97 Å². The number of allylic oxidation sites excluding steroid dienone is 1. The minimum atomic E-state index is -0.504. The molecule has 0 atom stereocenters. The Morgan fingerprint density at radius 1 is 1.27 bits per heavy atom. The number of esters is 1. The van der Waals surface area contributed by atoms with Crippen molar-refractivity contribution in [2.45, 2.75) is 13.8 Å². The Hall–Kier alpha value is -2.62. The van der Waals surface area contributed by atoms with E-state index in [9.17, 15) is 9.59 Å². The first-order chi connectivity index (χ1) is 10.5. The largest absolute Gasteiger partial charge is 0.465 e. The van der Waals surface area contributed by atoms with Gasteiger partial charge in [-0.2, -0.15) is 0 Å². The summed E-state index contributed by atoms with van der Waals surface area (Å²) in [6, 6.07) is 7.75. The van der Waals surface area contributed by atoms with Crippen molar-refractivity contribution < 1.29 is 14.3 Å². The summed E-state index contributed by atoms with van der Waals surface area (Å²) in [5.74, 6) is -0.714. The van der Waals surface area contributed by atoms with Gasteiger partial charge in [-0.05, 0) is 25.5 Å². The molecule has 1 aromatic carbocycles.